The third-order valence-electron chi connectivity index (χ3n) is 6.93. The zero-order valence-electron chi connectivity index (χ0n) is 22.9. The van der Waals surface area contributed by atoms with Gasteiger partial charge in [-0.3, -0.25) is 19.9 Å². The van der Waals surface area contributed by atoms with Crippen LogP contribution in [0.15, 0.2) is 54.6 Å². The summed E-state index contributed by atoms with van der Waals surface area (Å²) in [6, 6.07) is 13.5. The molecule has 39 heavy (non-hydrogen) atoms. The molecule has 0 unspecified atom stereocenters. The van der Waals surface area contributed by atoms with E-state index >= 15 is 0 Å². The van der Waals surface area contributed by atoms with Gasteiger partial charge in [0, 0.05) is 12.6 Å². The highest BCUT2D eigenvalue weighted by atomic mass is 19.1. The Labute approximate surface area is 229 Å². The van der Waals surface area contributed by atoms with Crippen LogP contribution in [-0.2, 0) is 26.3 Å². The van der Waals surface area contributed by atoms with Crippen molar-refractivity contribution >= 4 is 23.9 Å². The first-order chi connectivity index (χ1) is 18.5. The fourth-order valence-corrected chi connectivity index (χ4v) is 5.06. The standard InChI is InChI=1S/C29H38FN5O4/c1-19(2)18-29(22-10-6-5-7-11-22)26(37)34(27(32)33-29)16-8-9-20(3)35(28(38)39-4)25(36)24(31)17-21-12-14-23(30)15-13-21/h5-7,10-15,19-20,24H,8-9,16-18,31H2,1-4H3,(H2,32,33)/t20-,24-,29+/m0/s1. The summed E-state index contributed by atoms with van der Waals surface area (Å²) in [5, 5.41) is 11.7. The number of amides is 3. The minimum absolute atomic E-state index is 0.0272. The third-order valence-corrected chi connectivity index (χ3v) is 6.93. The summed E-state index contributed by atoms with van der Waals surface area (Å²) >= 11 is 0. The molecule has 0 aliphatic carbocycles. The molecular formula is C29H38FN5O4. The molecule has 10 heteroatoms. The van der Waals surface area contributed by atoms with Gasteiger partial charge in [-0.05, 0) is 61.8 Å². The first-order valence-corrected chi connectivity index (χ1v) is 13.2. The highest BCUT2D eigenvalue weighted by Crippen LogP contribution is 2.35. The lowest BCUT2D eigenvalue weighted by atomic mass is 9.82. The molecule has 210 valence electrons. The van der Waals surface area contributed by atoms with Gasteiger partial charge in [0.1, 0.15) is 11.4 Å². The van der Waals surface area contributed by atoms with Gasteiger partial charge in [-0.15, -0.1) is 0 Å². The van der Waals surface area contributed by atoms with E-state index in [1.807, 2.05) is 44.2 Å². The minimum Gasteiger partial charge on any atom is -0.452 e. The second kappa shape index (κ2) is 12.8. The number of nitrogens with zero attached hydrogens (tertiary/aromatic N) is 2. The largest absolute Gasteiger partial charge is 0.452 e. The first-order valence-electron chi connectivity index (χ1n) is 13.2. The van der Waals surface area contributed by atoms with Crippen LogP contribution in [0, 0.1) is 17.1 Å². The highest BCUT2D eigenvalue weighted by molar-refractivity contribution is 6.08. The molecule has 3 amide bonds. The smallest absolute Gasteiger partial charge is 0.416 e. The van der Waals surface area contributed by atoms with E-state index in [9.17, 15) is 18.8 Å². The number of hydrogen-bond donors (Lipinski definition) is 3. The van der Waals surface area contributed by atoms with Crippen molar-refractivity contribution in [3.05, 3.63) is 71.5 Å². The Kier molecular flexibility index (Phi) is 9.80. The molecule has 0 spiro atoms. The fourth-order valence-electron chi connectivity index (χ4n) is 5.06. The van der Waals surface area contributed by atoms with E-state index in [-0.39, 0.29) is 30.8 Å². The fraction of sp³-hybridized carbons (Fsp3) is 0.448. The molecule has 0 aromatic heterocycles. The Morgan fingerprint density at radius 2 is 1.77 bits per heavy atom. The normalized spacial score (nSPS) is 18.6. The second-order valence-corrected chi connectivity index (χ2v) is 10.4. The summed E-state index contributed by atoms with van der Waals surface area (Å²) in [7, 11) is 1.19. The van der Waals surface area contributed by atoms with Gasteiger partial charge in [0.2, 0.25) is 5.91 Å². The van der Waals surface area contributed by atoms with Crippen LogP contribution < -0.4 is 11.1 Å². The van der Waals surface area contributed by atoms with E-state index in [1.165, 1.54) is 24.1 Å². The predicted octanol–water partition coefficient (Wildman–Crippen LogP) is 3.77. The number of nitrogens with one attached hydrogen (secondary N) is 2. The van der Waals surface area contributed by atoms with Gasteiger partial charge in [0.05, 0.1) is 13.2 Å². The Hall–Kier alpha value is -3.79. The van der Waals surface area contributed by atoms with Gasteiger partial charge in [0.15, 0.2) is 5.96 Å². The molecule has 1 aliphatic rings. The predicted molar refractivity (Wildman–Crippen MR) is 146 cm³/mol. The molecule has 0 saturated carbocycles. The Morgan fingerprint density at radius 1 is 1.13 bits per heavy atom. The number of methoxy groups -OCH3 is 1. The zero-order chi connectivity index (χ0) is 28.7. The molecule has 3 rings (SSSR count). The van der Waals surface area contributed by atoms with Crippen molar-refractivity contribution in [3.8, 4) is 0 Å². The first kappa shape index (κ1) is 29.8. The maximum absolute atomic E-state index is 13.7. The number of ether oxygens (including phenoxy) is 1. The number of nitrogens with two attached hydrogens (primary N) is 1. The number of hydrogen-bond acceptors (Lipinski definition) is 6. The topological polar surface area (TPSA) is 129 Å². The van der Waals surface area contributed by atoms with Crippen molar-refractivity contribution in [2.75, 3.05) is 13.7 Å². The van der Waals surface area contributed by atoms with Crippen LogP contribution in [-0.4, -0.2) is 59.4 Å². The van der Waals surface area contributed by atoms with E-state index < -0.39 is 35.4 Å². The minimum atomic E-state index is -1.03. The average Bonchev–Trinajstić information content (AvgIpc) is 3.14. The van der Waals surface area contributed by atoms with E-state index in [1.54, 1.807) is 19.1 Å². The molecule has 1 fully saturated rings. The van der Waals surface area contributed by atoms with Gasteiger partial charge >= 0.3 is 6.09 Å². The van der Waals surface area contributed by atoms with Crippen LogP contribution >= 0.6 is 0 Å². The average molecular weight is 540 g/mol. The van der Waals surface area contributed by atoms with Crippen molar-refractivity contribution in [3.63, 3.8) is 0 Å². The monoisotopic (exact) mass is 539 g/mol. The SMILES string of the molecule is COC(=O)N(C(=O)[C@@H](N)Cc1ccc(F)cc1)[C@@H](C)CCCN1C(=N)N[C@](CC(C)C)(c2ccccc2)C1=O. The van der Waals surface area contributed by atoms with Crippen LogP contribution in [0.1, 0.15) is 51.2 Å². The highest BCUT2D eigenvalue weighted by Gasteiger charge is 2.50. The van der Waals surface area contributed by atoms with Gasteiger partial charge in [-0.2, -0.15) is 0 Å². The number of carbonyl (C=O) groups is 3. The van der Waals surface area contributed by atoms with E-state index in [0.29, 0.717) is 24.8 Å². The third kappa shape index (κ3) is 6.81. The van der Waals surface area contributed by atoms with E-state index in [4.69, 9.17) is 15.9 Å². The number of benzene rings is 2. The molecule has 1 aliphatic heterocycles. The molecule has 0 bridgehead atoms. The number of guanidine groups is 1. The lowest BCUT2D eigenvalue weighted by Gasteiger charge is -2.30. The molecule has 3 atom stereocenters. The van der Waals surface area contributed by atoms with Gasteiger partial charge < -0.3 is 15.8 Å². The van der Waals surface area contributed by atoms with Gasteiger partial charge in [-0.1, -0.05) is 56.3 Å². The lowest BCUT2D eigenvalue weighted by Crippen LogP contribution is -2.51. The van der Waals surface area contributed by atoms with Crippen LogP contribution in [0.3, 0.4) is 0 Å². The summed E-state index contributed by atoms with van der Waals surface area (Å²) in [5.41, 5.74) is 6.58. The zero-order valence-corrected chi connectivity index (χ0v) is 22.9. The summed E-state index contributed by atoms with van der Waals surface area (Å²) in [4.78, 5) is 41.8. The van der Waals surface area contributed by atoms with Crippen LogP contribution in [0.4, 0.5) is 9.18 Å². The Bertz CT molecular complexity index is 1170. The van der Waals surface area contributed by atoms with Crippen molar-refractivity contribution in [1.82, 2.24) is 15.1 Å². The summed E-state index contributed by atoms with van der Waals surface area (Å²) < 4.78 is 18.1. The number of imide groups is 1. The van der Waals surface area contributed by atoms with Crippen LogP contribution in [0.5, 0.6) is 0 Å². The maximum atomic E-state index is 13.7. The van der Waals surface area contributed by atoms with Crippen molar-refractivity contribution in [2.24, 2.45) is 11.7 Å². The lowest BCUT2D eigenvalue weighted by molar-refractivity contribution is -0.133. The molecular weight excluding hydrogens is 501 g/mol. The maximum Gasteiger partial charge on any atom is 0.416 e. The van der Waals surface area contributed by atoms with Gasteiger partial charge in [0.25, 0.3) is 5.91 Å². The Balaban J connectivity index is 1.67. The quantitative estimate of drug-likeness (QED) is 0.399. The molecule has 2 aromatic rings. The second-order valence-electron chi connectivity index (χ2n) is 10.4. The number of rotatable bonds is 11. The Morgan fingerprint density at radius 3 is 2.36 bits per heavy atom. The van der Waals surface area contributed by atoms with Crippen LogP contribution in [0.25, 0.3) is 0 Å². The molecule has 1 saturated heterocycles. The van der Waals surface area contributed by atoms with E-state index in [0.717, 1.165) is 10.5 Å². The number of halogens is 1. The number of carbonyl (C=O) groups excluding carboxylic acids is 3. The summed E-state index contributed by atoms with van der Waals surface area (Å²) in [5.74, 6) is -0.964. The summed E-state index contributed by atoms with van der Waals surface area (Å²) in [6.45, 7) is 6.02. The molecule has 4 N–H and O–H groups in total. The molecule has 2 aromatic carbocycles. The molecule has 1 heterocycles. The molecule has 0 radical (unpaired) electrons. The molecule has 9 nitrogen and oxygen atoms in total. The van der Waals surface area contributed by atoms with Crippen LogP contribution in [0.2, 0.25) is 0 Å². The summed E-state index contributed by atoms with van der Waals surface area (Å²) in [6.07, 6.45) is 0.624. The van der Waals surface area contributed by atoms with E-state index in [2.05, 4.69) is 5.32 Å². The van der Waals surface area contributed by atoms with Crippen molar-refractivity contribution in [2.45, 2.75) is 64.1 Å². The van der Waals surface area contributed by atoms with Crippen molar-refractivity contribution < 1.29 is 23.5 Å². The van der Waals surface area contributed by atoms with Gasteiger partial charge in [-0.25, -0.2) is 14.1 Å². The van der Waals surface area contributed by atoms with Crippen molar-refractivity contribution in [1.29, 1.82) is 5.41 Å².